The first-order valence-corrected chi connectivity index (χ1v) is 9.12. The van der Waals surface area contributed by atoms with Gasteiger partial charge in [0.2, 0.25) is 5.91 Å². The van der Waals surface area contributed by atoms with Gasteiger partial charge >= 0.3 is 0 Å². The lowest BCUT2D eigenvalue weighted by atomic mass is 10.1. The van der Waals surface area contributed by atoms with E-state index in [1.165, 1.54) is 0 Å². The van der Waals surface area contributed by atoms with E-state index in [9.17, 15) is 4.79 Å². The van der Waals surface area contributed by atoms with Crippen molar-refractivity contribution in [2.45, 2.75) is 13.0 Å². The Morgan fingerprint density at radius 2 is 2.19 bits per heavy atom. The van der Waals surface area contributed by atoms with E-state index >= 15 is 0 Å². The highest BCUT2D eigenvalue weighted by atomic mass is 32.2. The van der Waals surface area contributed by atoms with Crippen LogP contribution in [0.5, 0.6) is 0 Å². The third-order valence-electron chi connectivity index (χ3n) is 4.16. The van der Waals surface area contributed by atoms with Crippen LogP contribution in [0.2, 0.25) is 0 Å². The van der Waals surface area contributed by atoms with Crippen LogP contribution in [0.3, 0.4) is 0 Å². The zero-order valence-electron chi connectivity index (χ0n) is 13.8. The molecule has 2 heterocycles. The molecule has 0 radical (unpaired) electrons. The molecule has 0 spiro atoms. The van der Waals surface area contributed by atoms with Gasteiger partial charge in [-0.15, -0.1) is 0 Å². The second-order valence-electron chi connectivity index (χ2n) is 5.99. The van der Waals surface area contributed by atoms with Crippen molar-refractivity contribution in [1.29, 1.82) is 5.26 Å². The van der Waals surface area contributed by atoms with E-state index in [2.05, 4.69) is 26.9 Å². The fourth-order valence-corrected chi connectivity index (χ4v) is 3.61. The molecule has 0 aromatic heterocycles. The molecule has 2 aliphatic rings. The first-order chi connectivity index (χ1) is 12.7. The van der Waals surface area contributed by atoms with Gasteiger partial charge < -0.3 is 5.32 Å². The lowest BCUT2D eigenvalue weighted by molar-refractivity contribution is -0.115. The smallest absolute Gasteiger partial charge is 0.228 e. The molecule has 1 amide bonds. The van der Waals surface area contributed by atoms with Gasteiger partial charge in [0.05, 0.1) is 30.3 Å². The number of fused-ring (bicyclic) bond motifs is 1. The summed E-state index contributed by atoms with van der Waals surface area (Å²) in [4.78, 5) is 16.0. The average Bonchev–Trinajstić information content (AvgIpc) is 3.06. The lowest BCUT2D eigenvalue weighted by Crippen LogP contribution is -2.25. The number of benzene rings is 2. The molecule has 2 aromatic rings. The third-order valence-corrected chi connectivity index (χ3v) is 5.07. The summed E-state index contributed by atoms with van der Waals surface area (Å²) in [6.07, 6.45) is 0.443. The maximum atomic E-state index is 11.5. The summed E-state index contributed by atoms with van der Waals surface area (Å²) < 4.78 is 0. The maximum absolute atomic E-state index is 11.5. The molecule has 2 aromatic carbocycles. The van der Waals surface area contributed by atoms with Gasteiger partial charge in [0.25, 0.3) is 0 Å². The zero-order valence-corrected chi connectivity index (χ0v) is 14.6. The van der Waals surface area contributed by atoms with Crippen molar-refractivity contribution in [1.82, 2.24) is 5.43 Å². The molecule has 0 aliphatic carbocycles. The van der Waals surface area contributed by atoms with Crippen molar-refractivity contribution >= 4 is 34.2 Å². The van der Waals surface area contributed by atoms with Crippen molar-refractivity contribution in [3.8, 4) is 6.07 Å². The van der Waals surface area contributed by atoms with Crippen LogP contribution in [-0.4, -0.2) is 22.5 Å². The maximum Gasteiger partial charge on any atom is 0.228 e. The van der Waals surface area contributed by atoms with Crippen molar-refractivity contribution < 1.29 is 4.79 Å². The Balaban J connectivity index is 1.44. The number of hydrogen-bond acceptors (Lipinski definition) is 5. The molecule has 0 unspecified atom stereocenters. The molecule has 6 nitrogen and oxygen atoms in total. The number of carbonyl (C=O) groups is 1. The van der Waals surface area contributed by atoms with E-state index in [0.29, 0.717) is 24.3 Å². The second-order valence-corrected chi connectivity index (χ2v) is 6.95. The minimum absolute atomic E-state index is 0.0325. The van der Waals surface area contributed by atoms with E-state index in [1.54, 1.807) is 17.8 Å². The summed E-state index contributed by atoms with van der Waals surface area (Å²) in [5.74, 6) is 0.738. The van der Waals surface area contributed by atoms with Gasteiger partial charge in [-0.1, -0.05) is 36.0 Å². The van der Waals surface area contributed by atoms with Gasteiger partial charge in [-0.05, 0) is 29.3 Å². The molecular formula is C19H15N5OS. The number of aliphatic imine (C=N–C) groups is 1. The van der Waals surface area contributed by atoms with Crippen molar-refractivity contribution in [2.75, 3.05) is 11.1 Å². The molecule has 4 rings (SSSR count). The van der Waals surface area contributed by atoms with Gasteiger partial charge in [-0.2, -0.15) is 10.4 Å². The Labute approximate surface area is 155 Å². The Hall–Kier alpha value is -3.11. The summed E-state index contributed by atoms with van der Waals surface area (Å²) in [6, 6.07) is 15.5. The number of nitrogens with one attached hydrogen (secondary N) is 2. The van der Waals surface area contributed by atoms with E-state index in [1.807, 2.05) is 36.4 Å². The molecule has 0 fully saturated rings. The summed E-state index contributed by atoms with van der Waals surface area (Å²) in [5, 5.41) is 17.0. The van der Waals surface area contributed by atoms with Crippen LogP contribution in [-0.2, 0) is 17.8 Å². The summed E-state index contributed by atoms with van der Waals surface area (Å²) >= 11 is 1.58. The molecule has 0 atom stereocenters. The summed E-state index contributed by atoms with van der Waals surface area (Å²) in [5.41, 5.74) is 8.43. The van der Waals surface area contributed by atoms with Crippen molar-refractivity contribution in [3.05, 3.63) is 64.7 Å². The first kappa shape index (κ1) is 16.4. The van der Waals surface area contributed by atoms with Gasteiger partial charge in [-0.3, -0.25) is 15.2 Å². The molecule has 26 heavy (non-hydrogen) atoms. The molecule has 2 aliphatic heterocycles. The third kappa shape index (κ3) is 3.46. The normalized spacial score (nSPS) is 17.1. The number of hydrazone groups is 1. The van der Waals surface area contributed by atoms with Crippen LogP contribution in [0.1, 0.15) is 22.3 Å². The second kappa shape index (κ2) is 7.02. The Morgan fingerprint density at radius 3 is 3.00 bits per heavy atom. The lowest BCUT2D eigenvalue weighted by Gasteiger charge is -2.15. The molecule has 128 valence electrons. The van der Waals surface area contributed by atoms with Crippen molar-refractivity contribution in [3.63, 3.8) is 0 Å². The highest BCUT2D eigenvalue weighted by Crippen LogP contribution is 2.25. The number of hydrogen-bond donors (Lipinski definition) is 2. The predicted octanol–water partition coefficient (Wildman–Crippen LogP) is 2.65. The molecule has 0 saturated heterocycles. The van der Waals surface area contributed by atoms with Crippen LogP contribution in [0.4, 0.5) is 5.69 Å². The fourth-order valence-electron chi connectivity index (χ4n) is 2.84. The zero-order chi connectivity index (χ0) is 17.9. The first-order valence-electron chi connectivity index (χ1n) is 8.13. The predicted molar refractivity (Wildman–Crippen MR) is 103 cm³/mol. The number of amides is 1. The molecule has 7 heteroatoms. The number of nitrogens with zero attached hydrogens (tertiary/aromatic N) is 3. The number of amidine groups is 1. The number of thioether (sulfide) groups is 1. The molecule has 0 saturated carbocycles. The monoisotopic (exact) mass is 361 g/mol. The minimum Gasteiger partial charge on any atom is -0.326 e. The van der Waals surface area contributed by atoms with Gasteiger partial charge in [0, 0.05) is 17.0 Å². The average molecular weight is 361 g/mol. The molecular weight excluding hydrogens is 346 g/mol. The van der Waals surface area contributed by atoms with Crippen LogP contribution >= 0.6 is 11.8 Å². The van der Waals surface area contributed by atoms with E-state index in [0.717, 1.165) is 33.3 Å². The van der Waals surface area contributed by atoms with Gasteiger partial charge in [-0.25, -0.2) is 0 Å². The molecule has 0 bridgehead atoms. The minimum atomic E-state index is 0.0325. The number of anilines is 1. The van der Waals surface area contributed by atoms with Crippen LogP contribution < -0.4 is 10.7 Å². The molecule has 2 N–H and O–H groups in total. The largest absolute Gasteiger partial charge is 0.326 e. The van der Waals surface area contributed by atoms with E-state index in [-0.39, 0.29) is 5.91 Å². The summed E-state index contributed by atoms with van der Waals surface area (Å²) in [6.45, 7) is 0.501. The highest BCUT2D eigenvalue weighted by molar-refractivity contribution is 8.14. The SMILES string of the molecule is N#Cc1cccc(CN=C2NN=C(c3ccc4c(c3)NC(=O)C4)CS2)c1. The quantitative estimate of drug-likeness (QED) is 0.879. The van der Waals surface area contributed by atoms with E-state index < -0.39 is 0 Å². The number of rotatable bonds is 3. The Morgan fingerprint density at radius 1 is 1.27 bits per heavy atom. The number of nitriles is 1. The van der Waals surface area contributed by atoms with Crippen LogP contribution in [0.25, 0.3) is 0 Å². The van der Waals surface area contributed by atoms with E-state index in [4.69, 9.17) is 5.26 Å². The van der Waals surface area contributed by atoms with Crippen molar-refractivity contribution in [2.24, 2.45) is 10.1 Å². The summed E-state index contributed by atoms with van der Waals surface area (Å²) in [7, 11) is 0. The van der Waals surface area contributed by atoms with Gasteiger partial charge in [0.15, 0.2) is 5.17 Å². The fraction of sp³-hybridized carbons (Fsp3) is 0.158. The number of carbonyl (C=O) groups excluding carboxylic acids is 1. The standard InChI is InChI=1S/C19H15N5OS/c20-9-12-2-1-3-13(6-12)10-21-19-24-23-17(11-26-19)14-4-5-15-8-18(25)22-16(15)7-14/h1-7H,8,10-11H2,(H,21,24)(H,22,25). The topological polar surface area (TPSA) is 89.6 Å². The Kier molecular flexibility index (Phi) is 4.42. The highest BCUT2D eigenvalue weighted by Gasteiger charge is 2.20. The Bertz CT molecular complexity index is 990. The van der Waals surface area contributed by atoms with Gasteiger partial charge in [0.1, 0.15) is 0 Å². The van der Waals surface area contributed by atoms with Crippen LogP contribution in [0, 0.1) is 11.3 Å². The van der Waals surface area contributed by atoms with Crippen LogP contribution in [0.15, 0.2) is 52.6 Å².